The number of hydrogen-bond acceptors (Lipinski definition) is 11. The molecule has 4 atom stereocenters. The number of piperidine rings is 1. The van der Waals surface area contributed by atoms with E-state index in [1.807, 2.05) is 0 Å². The fraction of sp³-hybridized carbons (Fsp3) is 0.656. The van der Waals surface area contributed by atoms with E-state index in [-0.39, 0.29) is 31.3 Å². The van der Waals surface area contributed by atoms with Gasteiger partial charge in [-0.3, -0.25) is 4.79 Å². The standard InChI is InChI=1S/C32H47FN4O8/c33-26-14-25(45-12-2-4-21-8-10-36(11-9-21)32-34-15-23(19-38)16-35-32)7-6-24(26)13-29(42)37-17-22(18-37)3-1-5-27(40)30(43)31(44)28(41)20-39/h6-7,14-16,21-22,27-28,30-31,38-41,43-44H,1-5,8-13,17-20H2/t27-,28+,30+,31+/m0/s1. The van der Waals surface area contributed by atoms with Crippen LogP contribution >= 0.6 is 0 Å². The van der Waals surface area contributed by atoms with Crippen LogP contribution in [0.4, 0.5) is 10.3 Å². The molecule has 0 saturated carbocycles. The lowest BCUT2D eigenvalue weighted by Gasteiger charge is -2.39. The lowest BCUT2D eigenvalue weighted by atomic mass is 9.91. The summed E-state index contributed by atoms with van der Waals surface area (Å²) in [5.41, 5.74) is 1.01. The number of carbonyl (C=O) groups excluding carboxylic acids is 1. The van der Waals surface area contributed by atoms with Gasteiger partial charge in [-0.1, -0.05) is 12.5 Å². The summed E-state index contributed by atoms with van der Waals surface area (Å²) in [6.07, 6.45) is 2.73. The first-order chi connectivity index (χ1) is 21.7. The quantitative estimate of drug-likeness (QED) is 0.136. The second-order valence-electron chi connectivity index (χ2n) is 12.3. The second kappa shape index (κ2) is 17.1. The summed E-state index contributed by atoms with van der Waals surface area (Å²) < 4.78 is 20.5. The Morgan fingerprint density at radius 2 is 1.62 bits per heavy atom. The highest BCUT2D eigenvalue weighted by molar-refractivity contribution is 5.79. The van der Waals surface area contributed by atoms with Crippen LogP contribution in [0, 0.1) is 17.7 Å². The van der Waals surface area contributed by atoms with Crippen LogP contribution in [0.25, 0.3) is 0 Å². The zero-order valence-corrected chi connectivity index (χ0v) is 25.6. The Morgan fingerprint density at radius 3 is 2.27 bits per heavy atom. The van der Waals surface area contributed by atoms with Gasteiger partial charge in [0, 0.05) is 50.2 Å². The van der Waals surface area contributed by atoms with Crippen LogP contribution in [0.15, 0.2) is 30.6 Å². The van der Waals surface area contributed by atoms with Gasteiger partial charge in [-0.25, -0.2) is 14.4 Å². The third kappa shape index (κ3) is 10.0. The van der Waals surface area contributed by atoms with Crippen LogP contribution in [0.2, 0.25) is 0 Å². The third-order valence-corrected chi connectivity index (χ3v) is 8.91. The lowest BCUT2D eigenvalue weighted by molar-refractivity contribution is -0.137. The molecule has 0 aliphatic carbocycles. The summed E-state index contributed by atoms with van der Waals surface area (Å²) in [6, 6.07) is 4.62. The molecule has 6 N–H and O–H groups in total. The van der Waals surface area contributed by atoms with Crippen molar-refractivity contribution >= 4 is 11.9 Å². The Hall–Kier alpha value is -2.94. The maximum Gasteiger partial charge on any atom is 0.227 e. The van der Waals surface area contributed by atoms with Crippen molar-refractivity contribution in [3.8, 4) is 5.75 Å². The number of likely N-dealkylation sites (tertiary alicyclic amines) is 1. The van der Waals surface area contributed by atoms with Gasteiger partial charge in [0.05, 0.1) is 32.3 Å². The van der Waals surface area contributed by atoms with E-state index in [0.717, 1.165) is 38.8 Å². The first-order valence-electron chi connectivity index (χ1n) is 15.9. The number of benzene rings is 1. The van der Waals surface area contributed by atoms with Gasteiger partial charge in [-0.15, -0.1) is 0 Å². The zero-order chi connectivity index (χ0) is 32.3. The number of nitrogens with zero attached hydrogens (tertiary/aromatic N) is 4. The molecule has 4 rings (SSSR count). The molecule has 2 aliphatic heterocycles. The smallest absolute Gasteiger partial charge is 0.227 e. The van der Waals surface area contributed by atoms with E-state index in [1.54, 1.807) is 29.4 Å². The molecule has 13 heteroatoms. The Morgan fingerprint density at radius 1 is 0.956 bits per heavy atom. The molecule has 0 unspecified atom stereocenters. The molecule has 250 valence electrons. The minimum Gasteiger partial charge on any atom is -0.493 e. The molecule has 1 aromatic carbocycles. The maximum atomic E-state index is 14.8. The average molecular weight is 635 g/mol. The number of amides is 1. The largest absolute Gasteiger partial charge is 0.493 e. The number of aliphatic hydroxyl groups is 6. The first-order valence-corrected chi connectivity index (χ1v) is 15.9. The number of ether oxygens (including phenoxy) is 1. The molecule has 1 aromatic heterocycles. The molecule has 0 radical (unpaired) electrons. The molecule has 1 amide bonds. The summed E-state index contributed by atoms with van der Waals surface area (Å²) in [7, 11) is 0. The van der Waals surface area contributed by atoms with Gasteiger partial charge in [0.15, 0.2) is 0 Å². The van der Waals surface area contributed by atoms with Gasteiger partial charge < -0.3 is 45.2 Å². The number of carbonyl (C=O) groups is 1. The topological polar surface area (TPSA) is 180 Å². The molecule has 45 heavy (non-hydrogen) atoms. The van der Waals surface area contributed by atoms with Crippen LogP contribution in [0.5, 0.6) is 5.75 Å². The molecule has 0 bridgehead atoms. The van der Waals surface area contributed by atoms with Crippen molar-refractivity contribution in [3.05, 3.63) is 47.5 Å². The van der Waals surface area contributed by atoms with Crippen molar-refractivity contribution in [2.24, 2.45) is 11.8 Å². The first kappa shape index (κ1) is 34.9. The van der Waals surface area contributed by atoms with E-state index in [0.29, 0.717) is 61.3 Å². The number of aromatic nitrogens is 2. The van der Waals surface area contributed by atoms with Crippen molar-refractivity contribution in [3.63, 3.8) is 0 Å². The Bertz CT molecular complexity index is 1190. The minimum atomic E-state index is -1.64. The molecule has 12 nitrogen and oxygen atoms in total. The molecular weight excluding hydrogens is 587 g/mol. The van der Waals surface area contributed by atoms with Crippen molar-refractivity contribution in [1.82, 2.24) is 14.9 Å². The minimum absolute atomic E-state index is 0.0376. The Kier molecular flexibility index (Phi) is 13.3. The Labute approximate surface area is 263 Å². The van der Waals surface area contributed by atoms with Crippen LogP contribution < -0.4 is 9.64 Å². The molecule has 3 heterocycles. The van der Waals surface area contributed by atoms with Gasteiger partial charge in [0.25, 0.3) is 0 Å². The fourth-order valence-electron chi connectivity index (χ4n) is 5.92. The maximum absolute atomic E-state index is 14.8. The summed E-state index contributed by atoms with van der Waals surface area (Å²) in [5.74, 6) is 1.32. The van der Waals surface area contributed by atoms with E-state index < -0.39 is 36.8 Å². The van der Waals surface area contributed by atoms with Gasteiger partial charge in [-0.2, -0.15) is 0 Å². The molecular formula is C32H47FN4O8. The van der Waals surface area contributed by atoms with Crippen LogP contribution in [0.3, 0.4) is 0 Å². The average Bonchev–Trinajstić information content (AvgIpc) is 3.04. The van der Waals surface area contributed by atoms with Crippen molar-refractivity contribution in [1.29, 1.82) is 0 Å². The molecule has 2 aliphatic rings. The lowest BCUT2D eigenvalue weighted by Crippen LogP contribution is -2.50. The van der Waals surface area contributed by atoms with Crippen molar-refractivity contribution < 1.29 is 44.6 Å². The van der Waals surface area contributed by atoms with Crippen LogP contribution in [0.1, 0.15) is 56.1 Å². The predicted octanol–water partition coefficient (Wildman–Crippen LogP) is 0.791. The van der Waals surface area contributed by atoms with Gasteiger partial charge >= 0.3 is 0 Å². The molecule has 2 fully saturated rings. The predicted molar refractivity (Wildman–Crippen MR) is 163 cm³/mol. The molecule has 2 aromatic rings. The number of halogens is 1. The van der Waals surface area contributed by atoms with E-state index in [9.17, 15) is 29.6 Å². The van der Waals surface area contributed by atoms with Gasteiger partial charge in [0.1, 0.15) is 29.9 Å². The highest BCUT2D eigenvalue weighted by Crippen LogP contribution is 2.26. The number of hydrogen-bond donors (Lipinski definition) is 6. The Balaban J connectivity index is 1.08. The van der Waals surface area contributed by atoms with E-state index >= 15 is 0 Å². The zero-order valence-electron chi connectivity index (χ0n) is 25.6. The second-order valence-corrected chi connectivity index (χ2v) is 12.3. The monoisotopic (exact) mass is 634 g/mol. The number of anilines is 1. The SMILES string of the molecule is O=C(Cc1ccc(OCCCC2CCN(c3ncc(CO)cn3)CC2)cc1F)N1CC(CCC[C@H](O)[C@@H](O)[C@H](O)[C@H](O)CO)C1. The summed E-state index contributed by atoms with van der Waals surface area (Å²) in [4.78, 5) is 25.2. The summed E-state index contributed by atoms with van der Waals surface area (Å²) in [6.45, 7) is 2.54. The summed E-state index contributed by atoms with van der Waals surface area (Å²) in [5, 5.41) is 57.1. The fourth-order valence-corrected chi connectivity index (χ4v) is 5.92. The van der Waals surface area contributed by atoms with Crippen molar-refractivity contribution in [2.45, 2.75) is 82.4 Å². The van der Waals surface area contributed by atoms with Gasteiger partial charge in [0.2, 0.25) is 11.9 Å². The van der Waals surface area contributed by atoms with Crippen molar-refractivity contribution in [2.75, 3.05) is 44.3 Å². The number of rotatable bonds is 17. The van der Waals surface area contributed by atoms with E-state index in [4.69, 9.17) is 14.9 Å². The third-order valence-electron chi connectivity index (χ3n) is 8.91. The normalized spacial score (nSPS) is 18.7. The van der Waals surface area contributed by atoms with E-state index in [1.165, 1.54) is 6.07 Å². The number of aliphatic hydroxyl groups excluding tert-OH is 6. The summed E-state index contributed by atoms with van der Waals surface area (Å²) >= 11 is 0. The molecule has 0 spiro atoms. The van der Waals surface area contributed by atoms with Crippen LogP contribution in [-0.4, -0.2) is 115 Å². The molecule has 2 saturated heterocycles. The van der Waals surface area contributed by atoms with Gasteiger partial charge in [-0.05, 0) is 62.0 Å². The van der Waals surface area contributed by atoms with Crippen LogP contribution in [-0.2, 0) is 17.8 Å². The highest BCUT2D eigenvalue weighted by Gasteiger charge is 2.32. The highest BCUT2D eigenvalue weighted by atomic mass is 19.1. The van der Waals surface area contributed by atoms with E-state index in [2.05, 4.69) is 14.9 Å².